The largest absolute Gasteiger partial charge is 0.294 e. The SMILES string of the molecule is O=C(CC12CC3CC(CC(C3)C1)C2)c1cccc(Cl)c1. The standard InChI is InChI=1S/C18H21ClO/c19-16-3-1-2-15(7-16)17(20)11-18-8-12-4-13(9-18)6-14(5-12)10-18/h1-3,7,12-14H,4-6,8-11H2. The van der Waals surface area contributed by atoms with Gasteiger partial charge in [0.2, 0.25) is 0 Å². The number of carbonyl (C=O) groups is 1. The van der Waals surface area contributed by atoms with Gasteiger partial charge < -0.3 is 0 Å². The summed E-state index contributed by atoms with van der Waals surface area (Å²) in [5.41, 5.74) is 1.13. The summed E-state index contributed by atoms with van der Waals surface area (Å²) in [4.78, 5) is 12.6. The first kappa shape index (κ1) is 12.9. The van der Waals surface area contributed by atoms with Gasteiger partial charge in [-0.25, -0.2) is 0 Å². The number of rotatable bonds is 3. The second kappa shape index (κ2) is 4.59. The molecule has 4 aliphatic carbocycles. The molecular weight excluding hydrogens is 268 g/mol. The Bertz CT molecular complexity index is 513. The van der Waals surface area contributed by atoms with E-state index in [1.54, 1.807) is 0 Å². The van der Waals surface area contributed by atoms with E-state index in [-0.39, 0.29) is 0 Å². The molecule has 0 atom stereocenters. The summed E-state index contributed by atoms with van der Waals surface area (Å²) in [6.07, 6.45) is 8.94. The normalized spacial score (nSPS) is 38.1. The fraction of sp³-hybridized carbons (Fsp3) is 0.611. The van der Waals surface area contributed by atoms with Gasteiger partial charge >= 0.3 is 0 Å². The van der Waals surface area contributed by atoms with Gasteiger partial charge in [-0.05, 0) is 73.8 Å². The van der Waals surface area contributed by atoms with Crippen molar-refractivity contribution in [3.8, 4) is 0 Å². The zero-order valence-corrected chi connectivity index (χ0v) is 12.5. The molecule has 106 valence electrons. The van der Waals surface area contributed by atoms with Crippen molar-refractivity contribution >= 4 is 17.4 Å². The molecular formula is C18H21ClO. The highest BCUT2D eigenvalue weighted by Crippen LogP contribution is 2.61. The molecule has 1 aromatic carbocycles. The van der Waals surface area contributed by atoms with Crippen molar-refractivity contribution in [2.24, 2.45) is 23.2 Å². The van der Waals surface area contributed by atoms with Crippen LogP contribution in [0.4, 0.5) is 0 Å². The summed E-state index contributed by atoms with van der Waals surface area (Å²) in [6, 6.07) is 7.46. The highest BCUT2D eigenvalue weighted by atomic mass is 35.5. The molecule has 0 radical (unpaired) electrons. The smallest absolute Gasteiger partial charge is 0.163 e. The summed E-state index contributed by atoms with van der Waals surface area (Å²) in [7, 11) is 0. The van der Waals surface area contributed by atoms with Crippen LogP contribution in [0, 0.1) is 23.2 Å². The van der Waals surface area contributed by atoms with Gasteiger partial charge in [-0.3, -0.25) is 4.79 Å². The predicted molar refractivity (Wildman–Crippen MR) is 81.0 cm³/mol. The lowest BCUT2D eigenvalue weighted by molar-refractivity contribution is -0.0524. The highest BCUT2D eigenvalue weighted by Gasteiger charge is 2.51. The number of benzene rings is 1. The number of Topliss-reactive ketones (excluding diaryl/α,β-unsaturated/α-hetero) is 1. The Kier molecular flexibility index (Phi) is 2.96. The van der Waals surface area contributed by atoms with E-state index in [0.717, 1.165) is 29.7 Å². The van der Waals surface area contributed by atoms with Crippen molar-refractivity contribution in [3.05, 3.63) is 34.9 Å². The van der Waals surface area contributed by atoms with Crippen molar-refractivity contribution in [2.75, 3.05) is 0 Å². The van der Waals surface area contributed by atoms with E-state index < -0.39 is 0 Å². The lowest BCUT2D eigenvalue weighted by atomic mass is 9.48. The second-order valence-corrected chi connectivity index (χ2v) is 7.96. The monoisotopic (exact) mass is 288 g/mol. The molecule has 0 saturated heterocycles. The molecule has 0 unspecified atom stereocenters. The highest BCUT2D eigenvalue weighted by molar-refractivity contribution is 6.31. The van der Waals surface area contributed by atoms with Gasteiger partial charge in [0.15, 0.2) is 5.78 Å². The zero-order chi connectivity index (χ0) is 13.7. The average molecular weight is 289 g/mol. The lowest BCUT2D eigenvalue weighted by Crippen LogP contribution is -2.46. The van der Waals surface area contributed by atoms with Gasteiger partial charge in [0.1, 0.15) is 0 Å². The molecule has 0 heterocycles. The molecule has 0 aromatic heterocycles. The summed E-state index contributed by atoms with van der Waals surface area (Å²) in [5, 5.41) is 0.668. The molecule has 4 fully saturated rings. The minimum absolute atomic E-state index is 0.300. The van der Waals surface area contributed by atoms with Gasteiger partial charge in [0.05, 0.1) is 0 Å². The van der Waals surface area contributed by atoms with Crippen molar-refractivity contribution < 1.29 is 4.79 Å². The third-order valence-electron chi connectivity index (χ3n) is 5.85. The molecule has 20 heavy (non-hydrogen) atoms. The summed E-state index contributed by atoms with van der Waals surface area (Å²) >= 11 is 6.01. The van der Waals surface area contributed by atoms with Crippen molar-refractivity contribution in [2.45, 2.75) is 44.9 Å². The van der Waals surface area contributed by atoms with Crippen LogP contribution in [0.15, 0.2) is 24.3 Å². The van der Waals surface area contributed by atoms with Crippen molar-refractivity contribution in [1.82, 2.24) is 0 Å². The summed E-state index contributed by atoms with van der Waals surface area (Å²) in [5.74, 6) is 3.03. The molecule has 0 aliphatic heterocycles. The van der Waals surface area contributed by atoms with Crippen molar-refractivity contribution in [3.63, 3.8) is 0 Å². The van der Waals surface area contributed by atoms with Crippen LogP contribution in [0.3, 0.4) is 0 Å². The first-order valence-electron chi connectivity index (χ1n) is 7.91. The summed E-state index contributed by atoms with van der Waals surface area (Å²) in [6.45, 7) is 0. The van der Waals surface area contributed by atoms with E-state index in [0.29, 0.717) is 16.2 Å². The fourth-order valence-electron chi connectivity index (χ4n) is 5.61. The number of ketones is 1. The molecule has 1 nitrogen and oxygen atoms in total. The van der Waals surface area contributed by atoms with Gasteiger partial charge in [-0.1, -0.05) is 23.7 Å². The number of hydrogen-bond donors (Lipinski definition) is 0. The third-order valence-corrected chi connectivity index (χ3v) is 6.08. The fourth-order valence-corrected chi connectivity index (χ4v) is 5.80. The molecule has 0 spiro atoms. The molecule has 0 N–H and O–H groups in total. The second-order valence-electron chi connectivity index (χ2n) is 7.53. The maximum absolute atomic E-state index is 12.6. The number of carbonyl (C=O) groups excluding carboxylic acids is 1. The Hall–Kier alpha value is -0.820. The quantitative estimate of drug-likeness (QED) is 0.705. The molecule has 1 aromatic rings. The van der Waals surface area contributed by atoms with Crippen LogP contribution in [0.25, 0.3) is 0 Å². The number of halogens is 1. The maximum atomic E-state index is 12.6. The molecule has 5 rings (SSSR count). The van der Waals surface area contributed by atoms with Gasteiger partial charge in [0, 0.05) is 17.0 Å². The van der Waals surface area contributed by atoms with E-state index in [4.69, 9.17) is 11.6 Å². The summed E-state index contributed by atoms with van der Waals surface area (Å²) < 4.78 is 0. The van der Waals surface area contributed by atoms with Crippen LogP contribution in [0.5, 0.6) is 0 Å². The van der Waals surface area contributed by atoms with Gasteiger partial charge in [-0.2, -0.15) is 0 Å². The Labute approximate surface area is 125 Å². The van der Waals surface area contributed by atoms with E-state index in [1.165, 1.54) is 38.5 Å². The van der Waals surface area contributed by atoms with Crippen LogP contribution >= 0.6 is 11.6 Å². The van der Waals surface area contributed by atoms with Gasteiger partial charge in [0.25, 0.3) is 0 Å². The predicted octanol–water partition coefficient (Wildman–Crippen LogP) is 5.13. The topological polar surface area (TPSA) is 17.1 Å². The third kappa shape index (κ3) is 2.20. The Morgan fingerprint density at radius 2 is 1.70 bits per heavy atom. The lowest BCUT2D eigenvalue weighted by Gasteiger charge is -2.56. The van der Waals surface area contributed by atoms with E-state index in [1.807, 2.05) is 24.3 Å². The van der Waals surface area contributed by atoms with Crippen LogP contribution in [-0.4, -0.2) is 5.78 Å². The van der Waals surface area contributed by atoms with Crippen LogP contribution in [-0.2, 0) is 0 Å². The Morgan fingerprint density at radius 3 is 2.25 bits per heavy atom. The average Bonchev–Trinajstić information content (AvgIpc) is 2.36. The molecule has 4 aliphatic rings. The minimum atomic E-state index is 0.300. The van der Waals surface area contributed by atoms with Crippen LogP contribution < -0.4 is 0 Å². The maximum Gasteiger partial charge on any atom is 0.163 e. The molecule has 0 amide bonds. The Morgan fingerprint density at radius 1 is 1.10 bits per heavy atom. The first-order chi connectivity index (χ1) is 9.62. The van der Waals surface area contributed by atoms with Gasteiger partial charge in [-0.15, -0.1) is 0 Å². The molecule has 2 heteroatoms. The van der Waals surface area contributed by atoms with Crippen LogP contribution in [0.2, 0.25) is 5.02 Å². The minimum Gasteiger partial charge on any atom is -0.294 e. The first-order valence-corrected chi connectivity index (χ1v) is 8.28. The molecule has 4 bridgehead atoms. The number of hydrogen-bond acceptors (Lipinski definition) is 1. The Balaban J connectivity index is 1.55. The van der Waals surface area contributed by atoms with E-state index in [2.05, 4.69) is 0 Å². The van der Waals surface area contributed by atoms with Crippen LogP contribution in [0.1, 0.15) is 55.3 Å². The van der Waals surface area contributed by atoms with Crippen molar-refractivity contribution in [1.29, 1.82) is 0 Å². The molecule has 4 saturated carbocycles. The van der Waals surface area contributed by atoms with E-state index in [9.17, 15) is 4.79 Å². The zero-order valence-electron chi connectivity index (χ0n) is 11.8. The van der Waals surface area contributed by atoms with E-state index >= 15 is 0 Å².